The van der Waals surface area contributed by atoms with Crippen LogP contribution in [0.5, 0.6) is 11.5 Å². The molecule has 0 N–H and O–H groups in total. The Morgan fingerprint density at radius 3 is 2.79 bits per heavy atom. The van der Waals surface area contributed by atoms with Crippen LogP contribution in [0.1, 0.15) is 33.5 Å². The van der Waals surface area contributed by atoms with E-state index in [1.165, 1.54) is 0 Å². The highest BCUT2D eigenvalue weighted by molar-refractivity contribution is 5.96. The fraction of sp³-hybridized carbons (Fsp3) is 0.267. The number of aryl methyl sites for hydroxylation is 1. The highest BCUT2D eigenvalue weighted by Crippen LogP contribution is 2.56. The molecule has 0 radical (unpaired) electrons. The first kappa shape index (κ1) is 24.6. The zero-order valence-corrected chi connectivity index (χ0v) is 21.4. The zero-order valence-electron chi connectivity index (χ0n) is 21.4. The fourth-order valence-corrected chi connectivity index (χ4v) is 5.52. The Morgan fingerprint density at radius 1 is 1.13 bits per heavy atom. The largest absolute Gasteiger partial charge is 0.497 e. The highest BCUT2D eigenvalue weighted by atomic mass is 16.6. The number of pyridine rings is 1. The van der Waals surface area contributed by atoms with Gasteiger partial charge < -0.3 is 18.9 Å². The van der Waals surface area contributed by atoms with E-state index < -0.39 is 11.7 Å². The van der Waals surface area contributed by atoms with Gasteiger partial charge in [0.05, 0.1) is 18.6 Å². The van der Waals surface area contributed by atoms with Gasteiger partial charge in [-0.3, -0.25) is 0 Å². The van der Waals surface area contributed by atoms with Gasteiger partial charge in [-0.15, -0.1) is 0 Å². The van der Waals surface area contributed by atoms with Crippen molar-refractivity contribution in [1.29, 1.82) is 0 Å². The second-order valence-electron chi connectivity index (χ2n) is 9.61. The molecule has 0 amide bonds. The SMILES string of the molecule is COC1=CC2Oc3cc(OCc4cc[n+](CCCN=[N+]=[N-])cc4)ccc3C3(OC(=O)c4ccccc43)C2C=C1. The Hall–Kier alpha value is -4.75. The number of carbonyl (C=O) groups is 1. The minimum Gasteiger partial charge on any atom is -0.497 e. The lowest BCUT2D eigenvalue weighted by Crippen LogP contribution is -2.48. The lowest BCUT2D eigenvalue weighted by molar-refractivity contribution is -0.697. The molecular formula is C30H27N4O5+. The van der Waals surface area contributed by atoms with Gasteiger partial charge >= 0.3 is 5.97 Å². The summed E-state index contributed by atoms with van der Waals surface area (Å²) < 4.78 is 26.3. The summed E-state index contributed by atoms with van der Waals surface area (Å²) in [7, 11) is 1.62. The topological polar surface area (TPSA) is 107 Å². The van der Waals surface area contributed by atoms with Crippen LogP contribution < -0.4 is 14.0 Å². The molecule has 39 heavy (non-hydrogen) atoms. The van der Waals surface area contributed by atoms with Gasteiger partial charge in [-0.2, -0.15) is 0 Å². The Kier molecular flexibility index (Phi) is 6.42. The summed E-state index contributed by atoms with van der Waals surface area (Å²) in [5.74, 6) is 1.34. The third-order valence-corrected chi connectivity index (χ3v) is 7.38. The summed E-state index contributed by atoms with van der Waals surface area (Å²) in [6, 6.07) is 17.2. The van der Waals surface area contributed by atoms with Gasteiger partial charge in [-0.1, -0.05) is 29.4 Å². The molecule has 0 fully saturated rings. The van der Waals surface area contributed by atoms with Crippen LogP contribution in [0.3, 0.4) is 0 Å². The summed E-state index contributed by atoms with van der Waals surface area (Å²) in [6.07, 6.45) is 10.2. The van der Waals surface area contributed by atoms with Crippen LogP contribution >= 0.6 is 0 Å². The number of hydrogen-bond acceptors (Lipinski definition) is 6. The number of ether oxygens (including phenoxy) is 4. The van der Waals surface area contributed by atoms with Gasteiger partial charge in [0.2, 0.25) is 0 Å². The summed E-state index contributed by atoms with van der Waals surface area (Å²) in [5.41, 5.74) is 10.6. The molecule has 1 aliphatic carbocycles. The standard InChI is InChI=1S/C30H27N4O5/c1-36-21-7-9-25-27(17-21)38-28-18-22(37-19-20-11-15-34(16-12-20)14-4-13-32-33-31)8-10-26(28)30(25)24-6-3-2-5-23(24)29(35)39-30/h2-3,5-12,15-18,25,27H,4,13-14,19H2,1H3/q+1. The highest BCUT2D eigenvalue weighted by Gasteiger charge is 2.58. The van der Waals surface area contributed by atoms with Crippen LogP contribution in [0, 0.1) is 5.92 Å². The Balaban J connectivity index is 1.27. The zero-order chi connectivity index (χ0) is 26.8. The number of hydrogen-bond donors (Lipinski definition) is 0. The van der Waals surface area contributed by atoms with Crippen LogP contribution in [-0.2, 0) is 28.2 Å². The van der Waals surface area contributed by atoms with Gasteiger partial charge in [-0.25, -0.2) is 9.36 Å². The van der Waals surface area contributed by atoms with E-state index in [4.69, 9.17) is 24.5 Å². The lowest BCUT2D eigenvalue weighted by atomic mass is 9.70. The van der Waals surface area contributed by atoms with Crippen molar-refractivity contribution in [2.24, 2.45) is 11.0 Å². The number of nitrogens with zero attached hydrogens (tertiary/aromatic N) is 4. The van der Waals surface area contributed by atoms with Crippen LogP contribution in [0.15, 0.2) is 96.1 Å². The van der Waals surface area contributed by atoms with E-state index in [1.807, 2.05) is 83.7 Å². The van der Waals surface area contributed by atoms with E-state index in [2.05, 4.69) is 10.0 Å². The van der Waals surface area contributed by atoms with Crippen molar-refractivity contribution >= 4 is 5.97 Å². The van der Waals surface area contributed by atoms with Crippen molar-refractivity contribution in [3.63, 3.8) is 0 Å². The van der Waals surface area contributed by atoms with Crippen molar-refractivity contribution in [2.75, 3.05) is 13.7 Å². The summed E-state index contributed by atoms with van der Waals surface area (Å²) in [5, 5.41) is 3.57. The van der Waals surface area contributed by atoms with Gasteiger partial charge in [0.1, 0.15) is 36.5 Å². The van der Waals surface area contributed by atoms with Crippen molar-refractivity contribution in [3.8, 4) is 11.5 Å². The average molecular weight is 524 g/mol. The Labute approximate surface area is 225 Å². The maximum Gasteiger partial charge on any atom is 0.339 e. The van der Waals surface area contributed by atoms with Gasteiger partial charge in [0.25, 0.3) is 0 Å². The molecule has 3 aliphatic rings. The number of azide groups is 1. The quantitative estimate of drug-likeness (QED) is 0.101. The maximum absolute atomic E-state index is 13.0. The number of benzene rings is 2. The molecule has 3 heterocycles. The predicted octanol–water partition coefficient (Wildman–Crippen LogP) is 5.14. The number of fused-ring (bicyclic) bond motifs is 6. The molecule has 0 saturated carbocycles. The summed E-state index contributed by atoms with van der Waals surface area (Å²) >= 11 is 0. The molecule has 9 nitrogen and oxygen atoms in total. The minimum atomic E-state index is -1.01. The number of carbonyl (C=O) groups excluding carboxylic acids is 1. The van der Waals surface area contributed by atoms with Gasteiger partial charge in [0, 0.05) is 52.8 Å². The second-order valence-corrected chi connectivity index (χ2v) is 9.61. The van der Waals surface area contributed by atoms with Crippen molar-refractivity contribution in [1.82, 2.24) is 0 Å². The Morgan fingerprint density at radius 2 is 1.97 bits per heavy atom. The first-order chi connectivity index (χ1) is 19.1. The second kappa shape index (κ2) is 10.2. The number of esters is 1. The first-order valence-electron chi connectivity index (χ1n) is 12.8. The van der Waals surface area contributed by atoms with E-state index >= 15 is 0 Å². The number of allylic oxidation sites excluding steroid dienone is 1. The normalized spacial score (nSPS) is 22.0. The van der Waals surface area contributed by atoms with Gasteiger partial charge in [0.15, 0.2) is 18.0 Å². The minimum absolute atomic E-state index is 0.258. The van der Waals surface area contributed by atoms with Crippen molar-refractivity contribution in [3.05, 3.63) is 124 Å². The predicted molar refractivity (Wildman–Crippen MR) is 141 cm³/mol. The monoisotopic (exact) mass is 523 g/mol. The van der Waals surface area contributed by atoms with E-state index in [9.17, 15) is 4.79 Å². The molecule has 6 rings (SSSR count). The number of aromatic nitrogens is 1. The molecular weight excluding hydrogens is 496 g/mol. The smallest absolute Gasteiger partial charge is 0.339 e. The first-order valence-corrected chi connectivity index (χ1v) is 12.8. The van der Waals surface area contributed by atoms with E-state index in [-0.39, 0.29) is 11.9 Å². The van der Waals surface area contributed by atoms with E-state index in [0.29, 0.717) is 36.0 Å². The fourth-order valence-electron chi connectivity index (χ4n) is 5.52. The van der Waals surface area contributed by atoms with Crippen molar-refractivity contribution in [2.45, 2.75) is 31.3 Å². The van der Waals surface area contributed by atoms with Crippen molar-refractivity contribution < 1.29 is 28.3 Å². The molecule has 1 aromatic heterocycles. The average Bonchev–Trinajstić information content (AvgIpc) is 3.27. The van der Waals surface area contributed by atoms with Gasteiger partial charge in [-0.05, 0) is 35.9 Å². The molecule has 3 unspecified atom stereocenters. The third kappa shape index (κ3) is 4.36. The molecule has 2 aromatic carbocycles. The third-order valence-electron chi connectivity index (χ3n) is 7.38. The molecule has 2 aliphatic heterocycles. The molecule has 9 heteroatoms. The van der Waals surface area contributed by atoms with E-state index in [1.54, 1.807) is 13.2 Å². The molecule has 3 aromatic rings. The molecule has 3 atom stereocenters. The van der Waals surface area contributed by atoms with Crippen LogP contribution in [0.25, 0.3) is 10.4 Å². The molecule has 0 saturated heterocycles. The summed E-state index contributed by atoms with van der Waals surface area (Å²) in [4.78, 5) is 15.8. The summed E-state index contributed by atoms with van der Waals surface area (Å²) in [6.45, 7) is 1.62. The van der Waals surface area contributed by atoms with Crippen LogP contribution in [0.2, 0.25) is 0 Å². The lowest BCUT2D eigenvalue weighted by Gasteiger charge is -2.45. The maximum atomic E-state index is 13.0. The number of methoxy groups -OCH3 is 1. The Bertz CT molecular complexity index is 1530. The molecule has 0 bridgehead atoms. The van der Waals surface area contributed by atoms with E-state index in [0.717, 1.165) is 29.7 Å². The number of rotatable bonds is 8. The van der Waals surface area contributed by atoms with Crippen LogP contribution in [-0.4, -0.2) is 25.7 Å². The molecule has 1 spiro atoms. The van der Waals surface area contributed by atoms with Crippen LogP contribution in [0.4, 0.5) is 0 Å². The molecule has 196 valence electrons.